The molecule has 0 aromatic heterocycles. The highest BCUT2D eigenvalue weighted by Crippen LogP contribution is 2.33. The first-order valence-corrected chi connectivity index (χ1v) is 5.64. The molecule has 1 aliphatic rings. The van der Waals surface area contributed by atoms with Gasteiger partial charge in [-0.05, 0) is 39.3 Å². The molecule has 78 valence electrons. The van der Waals surface area contributed by atoms with E-state index in [4.69, 9.17) is 0 Å². The third-order valence-electron chi connectivity index (χ3n) is 3.10. The summed E-state index contributed by atoms with van der Waals surface area (Å²) in [6.07, 6.45) is 9.25. The van der Waals surface area contributed by atoms with Crippen molar-refractivity contribution >= 4 is 0 Å². The highest BCUT2D eigenvalue weighted by atomic mass is 16.3. The quantitative estimate of drug-likeness (QED) is 0.621. The van der Waals surface area contributed by atoms with Crippen LogP contribution in [0.1, 0.15) is 51.4 Å². The van der Waals surface area contributed by atoms with Gasteiger partial charge in [-0.3, -0.25) is 0 Å². The summed E-state index contributed by atoms with van der Waals surface area (Å²) in [5.74, 6) is 0. The van der Waals surface area contributed by atoms with Crippen LogP contribution in [-0.4, -0.2) is 24.3 Å². The Kier molecular flexibility index (Phi) is 4.74. The zero-order valence-corrected chi connectivity index (χ0v) is 8.81. The highest BCUT2D eigenvalue weighted by Gasteiger charge is 2.29. The smallest absolute Gasteiger partial charge is 0.0647 e. The van der Waals surface area contributed by atoms with Gasteiger partial charge in [0.25, 0.3) is 0 Å². The van der Waals surface area contributed by atoms with Gasteiger partial charge in [-0.25, -0.2) is 0 Å². The van der Waals surface area contributed by atoms with Crippen molar-refractivity contribution in [1.82, 2.24) is 5.32 Å². The van der Waals surface area contributed by atoms with Gasteiger partial charge in [0.2, 0.25) is 0 Å². The van der Waals surface area contributed by atoms with E-state index >= 15 is 0 Å². The van der Waals surface area contributed by atoms with E-state index in [-0.39, 0.29) is 5.60 Å². The number of rotatable bonds is 6. The highest BCUT2D eigenvalue weighted by molar-refractivity contribution is 4.83. The summed E-state index contributed by atoms with van der Waals surface area (Å²) in [4.78, 5) is 0. The van der Waals surface area contributed by atoms with Gasteiger partial charge in [-0.15, -0.1) is 0 Å². The SMILES string of the molecule is CNCCCCCC1(O)CCCC1. The van der Waals surface area contributed by atoms with E-state index in [1.807, 2.05) is 7.05 Å². The molecule has 2 heteroatoms. The van der Waals surface area contributed by atoms with Crippen LogP contribution in [0.2, 0.25) is 0 Å². The molecule has 0 atom stereocenters. The first-order chi connectivity index (χ1) is 6.27. The van der Waals surface area contributed by atoms with Crippen LogP contribution in [0.3, 0.4) is 0 Å². The lowest BCUT2D eigenvalue weighted by molar-refractivity contribution is 0.0362. The Labute approximate surface area is 81.7 Å². The minimum Gasteiger partial charge on any atom is -0.390 e. The number of hydrogen-bond acceptors (Lipinski definition) is 2. The van der Waals surface area contributed by atoms with Crippen LogP contribution < -0.4 is 5.32 Å². The first-order valence-electron chi connectivity index (χ1n) is 5.64. The normalized spacial score (nSPS) is 20.8. The minimum absolute atomic E-state index is 0.278. The summed E-state index contributed by atoms with van der Waals surface area (Å²) in [7, 11) is 1.99. The zero-order valence-electron chi connectivity index (χ0n) is 8.81. The van der Waals surface area contributed by atoms with Crippen molar-refractivity contribution in [2.45, 2.75) is 57.0 Å². The van der Waals surface area contributed by atoms with Crippen molar-refractivity contribution < 1.29 is 5.11 Å². The van der Waals surface area contributed by atoms with Gasteiger partial charge in [-0.1, -0.05) is 25.7 Å². The van der Waals surface area contributed by atoms with Crippen LogP contribution in [-0.2, 0) is 0 Å². The molecule has 0 unspecified atom stereocenters. The monoisotopic (exact) mass is 185 g/mol. The number of nitrogens with one attached hydrogen (secondary N) is 1. The molecule has 1 rings (SSSR count). The van der Waals surface area contributed by atoms with Crippen LogP contribution >= 0.6 is 0 Å². The summed E-state index contributed by atoms with van der Waals surface area (Å²) in [6, 6.07) is 0. The molecule has 2 nitrogen and oxygen atoms in total. The van der Waals surface area contributed by atoms with Crippen LogP contribution in [0.25, 0.3) is 0 Å². The van der Waals surface area contributed by atoms with Gasteiger partial charge in [-0.2, -0.15) is 0 Å². The van der Waals surface area contributed by atoms with Crippen molar-refractivity contribution in [1.29, 1.82) is 0 Å². The van der Waals surface area contributed by atoms with Crippen LogP contribution in [0.15, 0.2) is 0 Å². The van der Waals surface area contributed by atoms with Crippen molar-refractivity contribution in [2.75, 3.05) is 13.6 Å². The molecule has 0 heterocycles. The fourth-order valence-electron chi connectivity index (χ4n) is 2.22. The van der Waals surface area contributed by atoms with E-state index in [9.17, 15) is 5.11 Å². The summed E-state index contributed by atoms with van der Waals surface area (Å²) in [5, 5.41) is 13.2. The van der Waals surface area contributed by atoms with Gasteiger partial charge in [0, 0.05) is 0 Å². The van der Waals surface area contributed by atoms with Crippen molar-refractivity contribution in [3.63, 3.8) is 0 Å². The molecular formula is C11H23NO. The lowest BCUT2D eigenvalue weighted by Crippen LogP contribution is -2.23. The Morgan fingerprint density at radius 1 is 1.15 bits per heavy atom. The Bertz CT molecular complexity index is 130. The Morgan fingerprint density at radius 2 is 1.85 bits per heavy atom. The summed E-state index contributed by atoms with van der Waals surface area (Å²) < 4.78 is 0. The molecule has 2 N–H and O–H groups in total. The Morgan fingerprint density at radius 3 is 2.46 bits per heavy atom. The molecule has 1 fully saturated rings. The fraction of sp³-hybridized carbons (Fsp3) is 1.00. The summed E-state index contributed by atoms with van der Waals surface area (Å²) >= 11 is 0. The molecule has 0 radical (unpaired) electrons. The van der Waals surface area contributed by atoms with E-state index in [2.05, 4.69) is 5.32 Å². The number of aliphatic hydroxyl groups is 1. The molecule has 0 amide bonds. The fourth-order valence-corrected chi connectivity index (χ4v) is 2.22. The molecule has 0 spiro atoms. The molecule has 0 aromatic rings. The van der Waals surface area contributed by atoms with Crippen molar-refractivity contribution in [3.8, 4) is 0 Å². The molecule has 0 bridgehead atoms. The summed E-state index contributed by atoms with van der Waals surface area (Å²) in [6.45, 7) is 1.11. The predicted molar refractivity (Wildman–Crippen MR) is 55.8 cm³/mol. The third-order valence-corrected chi connectivity index (χ3v) is 3.10. The van der Waals surface area contributed by atoms with Gasteiger partial charge in [0.1, 0.15) is 0 Å². The molecule has 0 aliphatic heterocycles. The largest absolute Gasteiger partial charge is 0.390 e. The third kappa shape index (κ3) is 4.10. The van der Waals surface area contributed by atoms with Gasteiger partial charge < -0.3 is 10.4 Å². The second-order valence-electron chi connectivity index (χ2n) is 4.35. The van der Waals surface area contributed by atoms with E-state index in [0.717, 1.165) is 25.8 Å². The standard InChI is InChI=1S/C11H23NO/c1-12-10-6-2-3-7-11(13)8-4-5-9-11/h12-13H,2-10H2,1H3. The van der Waals surface area contributed by atoms with E-state index in [1.54, 1.807) is 0 Å². The first kappa shape index (κ1) is 11.0. The van der Waals surface area contributed by atoms with E-state index in [0.29, 0.717) is 0 Å². The van der Waals surface area contributed by atoms with E-state index < -0.39 is 0 Å². The van der Waals surface area contributed by atoms with E-state index in [1.165, 1.54) is 32.1 Å². The van der Waals surface area contributed by atoms with Crippen LogP contribution in [0, 0.1) is 0 Å². The van der Waals surface area contributed by atoms with Gasteiger partial charge in [0.05, 0.1) is 5.60 Å². The van der Waals surface area contributed by atoms with Gasteiger partial charge in [0.15, 0.2) is 0 Å². The average Bonchev–Trinajstić information content (AvgIpc) is 2.53. The minimum atomic E-state index is -0.278. The summed E-state index contributed by atoms with van der Waals surface area (Å²) in [5.41, 5.74) is -0.278. The molecule has 0 aromatic carbocycles. The predicted octanol–water partition coefficient (Wildman–Crippen LogP) is 2.07. The lowest BCUT2D eigenvalue weighted by atomic mass is 9.95. The topological polar surface area (TPSA) is 32.3 Å². The average molecular weight is 185 g/mol. The number of hydrogen-bond donors (Lipinski definition) is 2. The molecule has 1 aliphatic carbocycles. The van der Waals surface area contributed by atoms with Gasteiger partial charge >= 0.3 is 0 Å². The molecule has 13 heavy (non-hydrogen) atoms. The lowest BCUT2D eigenvalue weighted by Gasteiger charge is -2.21. The maximum Gasteiger partial charge on any atom is 0.0647 e. The maximum atomic E-state index is 10.0. The van der Waals surface area contributed by atoms with Crippen LogP contribution in [0.4, 0.5) is 0 Å². The molecular weight excluding hydrogens is 162 g/mol. The Hall–Kier alpha value is -0.0800. The maximum absolute atomic E-state index is 10.0. The van der Waals surface area contributed by atoms with Crippen molar-refractivity contribution in [3.05, 3.63) is 0 Å². The molecule has 1 saturated carbocycles. The second kappa shape index (κ2) is 5.61. The molecule has 0 saturated heterocycles. The van der Waals surface area contributed by atoms with Crippen molar-refractivity contribution in [2.24, 2.45) is 0 Å². The number of unbranched alkanes of at least 4 members (excludes halogenated alkanes) is 2. The Balaban J connectivity index is 1.98. The zero-order chi connectivity index (χ0) is 9.57. The van der Waals surface area contributed by atoms with Crippen LogP contribution in [0.5, 0.6) is 0 Å². The second-order valence-corrected chi connectivity index (χ2v) is 4.35.